The van der Waals surface area contributed by atoms with Gasteiger partial charge in [0.05, 0.1) is 10.7 Å². The molecule has 0 spiro atoms. The third-order valence-electron chi connectivity index (χ3n) is 2.27. The van der Waals surface area contributed by atoms with Gasteiger partial charge in [0.1, 0.15) is 11.6 Å². The van der Waals surface area contributed by atoms with Gasteiger partial charge in [-0.2, -0.15) is 0 Å². The lowest BCUT2D eigenvalue weighted by Crippen LogP contribution is -2.07. The Hall–Kier alpha value is -1.65. The number of pyridine rings is 1. The van der Waals surface area contributed by atoms with Crippen LogP contribution in [0.2, 0.25) is 5.02 Å². The third kappa shape index (κ3) is 3.18. The molecule has 18 heavy (non-hydrogen) atoms. The smallest absolute Gasteiger partial charge is 0.219 e. The van der Waals surface area contributed by atoms with E-state index in [1.54, 1.807) is 24.3 Å². The number of nitrogens with one attached hydrogen (secondary N) is 1. The molecule has 1 aromatic heterocycles. The maximum absolute atomic E-state index is 12.7. The second kappa shape index (κ2) is 5.80. The molecule has 2 rings (SSSR count). The molecule has 5 heteroatoms. The Morgan fingerprint density at radius 3 is 2.61 bits per heavy atom. The largest absolute Gasteiger partial charge is 0.439 e. The second-order valence-electron chi connectivity index (χ2n) is 3.66. The van der Waals surface area contributed by atoms with Crippen LogP contribution in [-0.4, -0.2) is 12.0 Å². The van der Waals surface area contributed by atoms with Crippen molar-refractivity contribution in [3.63, 3.8) is 0 Å². The van der Waals surface area contributed by atoms with Crippen molar-refractivity contribution in [3.8, 4) is 11.6 Å². The highest BCUT2D eigenvalue weighted by atomic mass is 35.5. The molecule has 0 bridgehead atoms. The van der Waals surface area contributed by atoms with Gasteiger partial charge in [0.25, 0.3) is 0 Å². The van der Waals surface area contributed by atoms with E-state index in [0.29, 0.717) is 28.9 Å². The average Bonchev–Trinajstić information content (AvgIpc) is 2.37. The number of rotatable bonds is 4. The summed E-state index contributed by atoms with van der Waals surface area (Å²) < 4.78 is 18.3. The fourth-order valence-electron chi connectivity index (χ4n) is 1.44. The van der Waals surface area contributed by atoms with Crippen LogP contribution in [-0.2, 0) is 6.54 Å². The maximum Gasteiger partial charge on any atom is 0.219 e. The van der Waals surface area contributed by atoms with Crippen molar-refractivity contribution < 1.29 is 9.13 Å². The molecular weight excluding hydrogens is 255 g/mol. The molecule has 94 valence electrons. The molecule has 0 saturated heterocycles. The number of aromatic nitrogens is 1. The minimum Gasteiger partial charge on any atom is -0.439 e. The first kappa shape index (κ1) is 12.8. The molecule has 0 atom stereocenters. The van der Waals surface area contributed by atoms with Crippen molar-refractivity contribution in [3.05, 3.63) is 52.9 Å². The van der Waals surface area contributed by atoms with Crippen molar-refractivity contribution in [2.45, 2.75) is 6.54 Å². The van der Waals surface area contributed by atoms with E-state index < -0.39 is 0 Å². The highest BCUT2D eigenvalue weighted by Crippen LogP contribution is 2.23. The number of benzene rings is 1. The maximum atomic E-state index is 12.7. The Morgan fingerprint density at radius 2 is 1.94 bits per heavy atom. The van der Waals surface area contributed by atoms with Crippen LogP contribution in [0.1, 0.15) is 5.69 Å². The highest BCUT2D eigenvalue weighted by molar-refractivity contribution is 6.31. The summed E-state index contributed by atoms with van der Waals surface area (Å²) in [5.74, 6) is 0.653. The van der Waals surface area contributed by atoms with Gasteiger partial charge in [-0.3, -0.25) is 0 Å². The van der Waals surface area contributed by atoms with Crippen LogP contribution in [0.5, 0.6) is 11.6 Å². The summed E-state index contributed by atoms with van der Waals surface area (Å²) in [6.45, 7) is 0.555. The van der Waals surface area contributed by atoms with Crippen molar-refractivity contribution in [1.82, 2.24) is 10.3 Å². The van der Waals surface area contributed by atoms with E-state index in [4.69, 9.17) is 16.3 Å². The monoisotopic (exact) mass is 266 g/mol. The van der Waals surface area contributed by atoms with Crippen molar-refractivity contribution >= 4 is 11.6 Å². The Bertz CT molecular complexity index is 531. The summed E-state index contributed by atoms with van der Waals surface area (Å²) in [6.07, 6.45) is 0. The zero-order chi connectivity index (χ0) is 13.0. The lowest BCUT2D eigenvalue weighted by Gasteiger charge is -2.07. The van der Waals surface area contributed by atoms with Gasteiger partial charge in [-0.1, -0.05) is 11.6 Å². The molecule has 0 aliphatic heterocycles. The first-order valence-electron chi connectivity index (χ1n) is 5.42. The first-order valence-corrected chi connectivity index (χ1v) is 5.80. The predicted octanol–water partition coefficient (Wildman–Crippen LogP) is 3.39. The molecule has 0 aliphatic rings. The molecular formula is C13H12ClFN2O. The molecule has 0 aliphatic carbocycles. The molecule has 1 heterocycles. The number of ether oxygens (including phenoxy) is 1. The zero-order valence-electron chi connectivity index (χ0n) is 9.78. The summed E-state index contributed by atoms with van der Waals surface area (Å²) >= 11 is 5.99. The average molecular weight is 267 g/mol. The number of halogens is 2. The van der Waals surface area contributed by atoms with Crippen molar-refractivity contribution in [1.29, 1.82) is 0 Å². The van der Waals surface area contributed by atoms with E-state index in [1.165, 1.54) is 12.1 Å². The van der Waals surface area contributed by atoms with E-state index in [-0.39, 0.29) is 5.82 Å². The van der Waals surface area contributed by atoms with Gasteiger partial charge < -0.3 is 10.1 Å². The van der Waals surface area contributed by atoms with Crippen LogP contribution >= 0.6 is 11.6 Å². The van der Waals surface area contributed by atoms with Gasteiger partial charge in [0.2, 0.25) is 5.88 Å². The molecule has 0 radical (unpaired) electrons. The number of hydrogen-bond donors (Lipinski definition) is 1. The quantitative estimate of drug-likeness (QED) is 0.921. The summed E-state index contributed by atoms with van der Waals surface area (Å²) in [7, 11) is 1.81. The molecule has 3 nitrogen and oxygen atoms in total. The van der Waals surface area contributed by atoms with E-state index in [9.17, 15) is 4.39 Å². The van der Waals surface area contributed by atoms with Crippen LogP contribution in [0.25, 0.3) is 0 Å². The van der Waals surface area contributed by atoms with E-state index in [1.807, 2.05) is 7.05 Å². The van der Waals surface area contributed by atoms with E-state index in [0.717, 1.165) is 0 Å². The highest BCUT2D eigenvalue weighted by Gasteiger charge is 2.05. The Morgan fingerprint density at radius 1 is 1.22 bits per heavy atom. The molecule has 0 unspecified atom stereocenters. The second-order valence-corrected chi connectivity index (χ2v) is 4.07. The minimum atomic E-state index is -0.303. The first-order chi connectivity index (χ1) is 8.69. The normalized spacial score (nSPS) is 10.4. The summed E-state index contributed by atoms with van der Waals surface area (Å²) in [5, 5.41) is 3.55. The van der Waals surface area contributed by atoms with Gasteiger partial charge in [-0.25, -0.2) is 9.37 Å². The molecule has 2 aromatic rings. The Labute approximate surface area is 110 Å². The van der Waals surface area contributed by atoms with Crippen LogP contribution in [0.15, 0.2) is 36.4 Å². The zero-order valence-corrected chi connectivity index (χ0v) is 10.5. The molecule has 0 amide bonds. The molecule has 1 aromatic carbocycles. The lowest BCUT2D eigenvalue weighted by atomic mass is 10.3. The number of hydrogen-bond acceptors (Lipinski definition) is 3. The predicted molar refractivity (Wildman–Crippen MR) is 68.5 cm³/mol. The van der Waals surface area contributed by atoms with Crippen molar-refractivity contribution in [2.75, 3.05) is 7.05 Å². The fraction of sp³-hybridized carbons (Fsp3) is 0.154. The topological polar surface area (TPSA) is 34.2 Å². The summed E-state index contributed by atoms with van der Waals surface area (Å²) in [4.78, 5) is 4.27. The van der Waals surface area contributed by atoms with Crippen LogP contribution < -0.4 is 10.1 Å². The Balaban J connectivity index is 2.18. The van der Waals surface area contributed by atoms with Gasteiger partial charge in [0, 0.05) is 12.6 Å². The minimum absolute atomic E-state index is 0.303. The summed E-state index contributed by atoms with van der Waals surface area (Å²) in [5.41, 5.74) is 0.707. The fourth-order valence-corrected chi connectivity index (χ4v) is 1.61. The van der Waals surface area contributed by atoms with Gasteiger partial charge in [0.15, 0.2) is 0 Å². The van der Waals surface area contributed by atoms with Gasteiger partial charge >= 0.3 is 0 Å². The molecule has 0 fully saturated rings. The van der Waals surface area contributed by atoms with Gasteiger partial charge in [-0.05, 0) is 37.4 Å². The third-order valence-corrected chi connectivity index (χ3v) is 2.62. The molecule has 0 saturated carbocycles. The van der Waals surface area contributed by atoms with Gasteiger partial charge in [-0.15, -0.1) is 0 Å². The SMILES string of the molecule is CNCc1nc(Oc2ccc(F)cc2)ccc1Cl. The summed E-state index contributed by atoms with van der Waals surface area (Å²) in [6, 6.07) is 9.15. The van der Waals surface area contributed by atoms with E-state index in [2.05, 4.69) is 10.3 Å². The standard InChI is InChI=1S/C13H12ClFN2O/c1-16-8-12-11(14)6-7-13(17-12)18-10-4-2-9(15)3-5-10/h2-7,16H,8H2,1H3. The van der Waals surface area contributed by atoms with Crippen LogP contribution in [0.3, 0.4) is 0 Å². The number of nitrogens with zero attached hydrogens (tertiary/aromatic N) is 1. The van der Waals surface area contributed by atoms with Crippen LogP contribution in [0, 0.1) is 5.82 Å². The van der Waals surface area contributed by atoms with Crippen LogP contribution in [0.4, 0.5) is 4.39 Å². The van der Waals surface area contributed by atoms with E-state index >= 15 is 0 Å². The Kier molecular flexibility index (Phi) is 4.12. The molecule has 1 N–H and O–H groups in total. The van der Waals surface area contributed by atoms with Crippen molar-refractivity contribution in [2.24, 2.45) is 0 Å². The lowest BCUT2D eigenvalue weighted by molar-refractivity contribution is 0.458.